The Morgan fingerprint density at radius 2 is 2.10 bits per heavy atom. The fourth-order valence-corrected chi connectivity index (χ4v) is 4.79. The molecule has 5 nitrogen and oxygen atoms in total. The fraction of sp³-hybridized carbons (Fsp3) is 0.769. The molecular formula is C13H22ClN3O2S. The zero-order chi connectivity index (χ0) is 15.1. The highest BCUT2D eigenvalue weighted by molar-refractivity contribution is 7.89. The largest absolute Gasteiger partial charge is 0.281 e. The van der Waals surface area contributed by atoms with Crippen molar-refractivity contribution in [3.8, 4) is 0 Å². The third-order valence-corrected chi connectivity index (χ3v) is 6.38. The summed E-state index contributed by atoms with van der Waals surface area (Å²) < 4.78 is 27.1. The molecule has 1 aromatic heterocycles. The molecular weight excluding hydrogens is 298 g/mol. The highest BCUT2D eigenvalue weighted by Crippen LogP contribution is 2.36. The minimum Gasteiger partial charge on any atom is -0.281 e. The number of rotatable bonds is 3. The summed E-state index contributed by atoms with van der Waals surface area (Å²) in [6.07, 6.45) is 0.899. The SMILES string of the molecule is Cc1[nH]nc(CCl)c1S(=O)(=O)N1CCC(C(C)(C)C)C1. The van der Waals surface area contributed by atoms with Crippen LogP contribution in [-0.2, 0) is 15.9 Å². The molecule has 1 saturated heterocycles. The van der Waals surface area contributed by atoms with Crippen molar-refractivity contribution in [1.29, 1.82) is 0 Å². The van der Waals surface area contributed by atoms with Gasteiger partial charge in [0.15, 0.2) is 0 Å². The fourth-order valence-electron chi connectivity index (χ4n) is 2.68. The Balaban J connectivity index is 2.31. The molecule has 0 saturated carbocycles. The molecule has 0 radical (unpaired) electrons. The molecule has 0 spiro atoms. The lowest BCUT2D eigenvalue weighted by Crippen LogP contribution is -2.32. The van der Waals surface area contributed by atoms with E-state index in [0.717, 1.165) is 6.42 Å². The van der Waals surface area contributed by atoms with Gasteiger partial charge < -0.3 is 0 Å². The third kappa shape index (κ3) is 2.73. The van der Waals surface area contributed by atoms with E-state index in [9.17, 15) is 8.42 Å². The van der Waals surface area contributed by atoms with Crippen LogP contribution in [0.15, 0.2) is 4.90 Å². The van der Waals surface area contributed by atoms with Crippen molar-refractivity contribution >= 4 is 21.6 Å². The lowest BCUT2D eigenvalue weighted by molar-refractivity contribution is 0.252. The second-order valence-corrected chi connectivity index (χ2v) is 8.61. The summed E-state index contributed by atoms with van der Waals surface area (Å²) in [6, 6.07) is 0. The van der Waals surface area contributed by atoms with Gasteiger partial charge in [0.25, 0.3) is 0 Å². The van der Waals surface area contributed by atoms with Gasteiger partial charge >= 0.3 is 0 Å². The Kier molecular flexibility index (Phi) is 4.19. The van der Waals surface area contributed by atoms with E-state index in [1.165, 1.54) is 0 Å². The maximum absolute atomic E-state index is 12.8. The van der Waals surface area contributed by atoms with E-state index in [-0.39, 0.29) is 16.2 Å². The van der Waals surface area contributed by atoms with Crippen molar-refractivity contribution in [1.82, 2.24) is 14.5 Å². The van der Waals surface area contributed by atoms with Gasteiger partial charge in [-0.2, -0.15) is 9.40 Å². The molecule has 0 aromatic carbocycles. The summed E-state index contributed by atoms with van der Waals surface area (Å²) in [7, 11) is -3.51. The monoisotopic (exact) mass is 319 g/mol. The lowest BCUT2D eigenvalue weighted by atomic mass is 9.80. The second-order valence-electron chi connectivity index (χ2n) is 6.47. The van der Waals surface area contributed by atoms with Gasteiger partial charge in [0.05, 0.1) is 17.3 Å². The average molecular weight is 320 g/mol. The summed E-state index contributed by atoms with van der Waals surface area (Å²) in [6.45, 7) is 9.31. The molecule has 1 aliphatic rings. The number of nitrogens with zero attached hydrogens (tertiary/aromatic N) is 2. The molecule has 2 rings (SSSR count). The van der Waals surface area contributed by atoms with E-state index >= 15 is 0 Å². The van der Waals surface area contributed by atoms with Gasteiger partial charge in [-0.3, -0.25) is 5.10 Å². The number of alkyl halides is 1. The predicted molar refractivity (Wildman–Crippen MR) is 79.2 cm³/mol. The first-order valence-electron chi connectivity index (χ1n) is 6.78. The normalized spacial score (nSPS) is 21.6. The molecule has 1 fully saturated rings. The molecule has 0 bridgehead atoms. The zero-order valence-corrected chi connectivity index (χ0v) is 14.0. The van der Waals surface area contributed by atoms with Crippen LogP contribution in [0.25, 0.3) is 0 Å². The van der Waals surface area contributed by atoms with Gasteiger partial charge in [-0.05, 0) is 24.7 Å². The summed E-state index contributed by atoms with van der Waals surface area (Å²) in [5.41, 5.74) is 1.08. The van der Waals surface area contributed by atoms with Crippen LogP contribution in [0.5, 0.6) is 0 Å². The number of halogens is 1. The van der Waals surface area contributed by atoms with Gasteiger partial charge in [-0.1, -0.05) is 20.8 Å². The summed E-state index contributed by atoms with van der Waals surface area (Å²) in [5, 5.41) is 6.70. The number of aryl methyl sites for hydroxylation is 1. The quantitative estimate of drug-likeness (QED) is 0.871. The summed E-state index contributed by atoms with van der Waals surface area (Å²) in [4.78, 5) is 0.252. The van der Waals surface area contributed by atoms with Crippen LogP contribution in [0.3, 0.4) is 0 Å². The number of aromatic nitrogens is 2. The van der Waals surface area contributed by atoms with Gasteiger partial charge in [0.2, 0.25) is 10.0 Å². The number of hydrogen-bond donors (Lipinski definition) is 1. The van der Waals surface area contributed by atoms with Crippen LogP contribution in [0, 0.1) is 18.3 Å². The molecule has 1 atom stereocenters. The molecule has 1 aromatic rings. The molecule has 20 heavy (non-hydrogen) atoms. The Morgan fingerprint density at radius 3 is 2.60 bits per heavy atom. The maximum Gasteiger partial charge on any atom is 0.246 e. The first-order valence-corrected chi connectivity index (χ1v) is 8.75. The van der Waals surface area contributed by atoms with Crippen LogP contribution < -0.4 is 0 Å². The van der Waals surface area contributed by atoms with Gasteiger partial charge in [-0.25, -0.2) is 8.42 Å². The Hall–Kier alpha value is -0.590. The molecule has 2 heterocycles. The highest BCUT2D eigenvalue weighted by atomic mass is 35.5. The molecule has 7 heteroatoms. The minimum atomic E-state index is -3.51. The first kappa shape index (κ1) is 15.8. The van der Waals surface area contributed by atoms with E-state index in [2.05, 4.69) is 31.0 Å². The Bertz CT molecular complexity index is 589. The van der Waals surface area contributed by atoms with E-state index < -0.39 is 10.0 Å². The van der Waals surface area contributed by atoms with Crippen LogP contribution in [-0.4, -0.2) is 36.0 Å². The van der Waals surface area contributed by atoms with Crippen LogP contribution in [0.1, 0.15) is 38.6 Å². The lowest BCUT2D eigenvalue weighted by Gasteiger charge is -2.26. The predicted octanol–water partition coefficient (Wildman–Crippen LogP) is 2.51. The number of H-pyrrole nitrogens is 1. The molecule has 1 N–H and O–H groups in total. The highest BCUT2D eigenvalue weighted by Gasteiger charge is 2.39. The van der Waals surface area contributed by atoms with E-state index in [4.69, 9.17) is 11.6 Å². The summed E-state index contributed by atoms with van der Waals surface area (Å²) >= 11 is 5.79. The van der Waals surface area contributed by atoms with Crippen molar-refractivity contribution in [2.24, 2.45) is 11.3 Å². The smallest absolute Gasteiger partial charge is 0.246 e. The Morgan fingerprint density at radius 1 is 1.45 bits per heavy atom. The van der Waals surface area contributed by atoms with Crippen molar-refractivity contribution in [2.75, 3.05) is 13.1 Å². The summed E-state index contributed by atoms with van der Waals surface area (Å²) in [5.74, 6) is 0.471. The first-order chi connectivity index (χ1) is 9.17. The van der Waals surface area contributed by atoms with Crippen molar-refractivity contribution in [3.63, 3.8) is 0 Å². The van der Waals surface area contributed by atoms with Crippen LogP contribution >= 0.6 is 11.6 Å². The van der Waals surface area contributed by atoms with E-state index in [1.54, 1.807) is 11.2 Å². The average Bonchev–Trinajstić information content (AvgIpc) is 2.94. The van der Waals surface area contributed by atoms with E-state index in [1.807, 2.05) is 0 Å². The topological polar surface area (TPSA) is 66.1 Å². The number of nitrogens with one attached hydrogen (secondary N) is 1. The van der Waals surface area contributed by atoms with E-state index in [0.29, 0.717) is 30.4 Å². The molecule has 0 amide bonds. The van der Waals surface area contributed by atoms with Gasteiger partial charge in [0, 0.05) is 13.1 Å². The van der Waals surface area contributed by atoms with Crippen LogP contribution in [0.4, 0.5) is 0 Å². The number of sulfonamides is 1. The van der Waals surface area contributed by atoms with Crippen molar-refractivity contribution in [3.05, 3.63) is 11.4 Å². The second kappa shape index (κ2) is 5.31. The molecule has 0 aliphatic carbocycles. The number of aromatic amines is 1. The van der Waals surface area contributed by atoms with Crippen molar-refractivity contribution in [2.45, 2.75) is 44.9 Å². The maximum atomic E-state index is 12.8. The van der Waals surface area contributed by atoms with Gasteiger partial charge in [0.1, 0.15) is 4.90 Å². The van der Waals surface area contributed by atoms with Crippen LogP contribution in [0.2, 0.25) is 0 Å². The zero-order valence-electron chi connectivity index (χ0n) is 12.4. The molecule has 1 aliphatic heterocycles. The van der Waals surface area contributed by atoms with Gasteiger partial charge in [-0.15, -0.1) is 11.6 Å². The Labute approximate surface area is 125 Å². The third-order valence-electron chi connectivity index (χ3n) is 4.06. The molecule has 114 valence electrons. The standard InChI is InChI=1S/C13H22ClN3O2S/c1-9-12(11(7-14)16-15-9)20(18,19)17-6-5-10(8-17)13(2,3)4/h10H,5-8H2,1-4H3,(H,15,16). The van der Waals surface area contributed by atoms with Crippen molar-refractivity contribution < 1.29 is 8.42 Å². The molecule has 1 unspecified atom stereocenters. The minimum absolute atomic E-state index is 0.0927. The number of hydrogen-bond acceptors (Lipinski definition) is 3.